The van der Waals surface area contributed by atoms with Gasteiger partial charge in [0.2, 0.25) is 5.78 Å². The first-order chi connectivity index (χ1) is 15.7. The van der Waals surface area contributed by atoms with Gasteiger partial charge in [-0.1, -0.05) is 6.08 Å². The van der Waals surface area contributed by atoms with Gasteiger partial charge in [0.05, 0.1) is 0 Å². The largest absolute Gasteiger partial charge is 0.478 e. The molecule has 0 spiro atoms. The maximum atomic E-state index is 13.8. The van der Waals surface area contributed by atoms with Crippen LogP contribution in [-0.4, -0.2) is 28.7 Å². The molecule has 1 aromatic heterocycles. The predicted molar refractivity (Wildman–Crippen MR) is 125 cm³/mol. The van der Waals surface area contributed by atoms with Gasteiger partial charge < -0.3 is 14.3 Å². The number of aliphatic carboxylic acids is 1. The van der Waals surface area contributed by atoms with Crippen molar-refractivity contribution < 1.29 is 37.0 Å². The van der Waals surface area contributed by atoms with Crippen LogP contribution in [0.4, 0.5) is 13.2 Å². The fraction of sp³-hybridized carbons (Fsp3) is 0.280. The molecule has 0 unspecified atom stereocenters. The number of allylic oxidation sites excluding steroid dienone is 1. The van der Waals surface area contributed by atoms with E-state index in [2.05, 4.69) is 0 Å². The summed E-state index contributed by atoms with van der Waals surface area (Å²) in [5.74, 6) is -2.43. The summed E-state index contributed by atoms with van der Waals surface area (Å²) < 4.78 is 52.3. The zero-order valence-electron chi connectivity index (χ0n) is 19.2. The number of alkyl halides is 3. The SMILES string of the molecule is CSc1ccc2c(C(F)(F)F)c(C(=O)C=Cc3cc(C)c(OC(C)(C)C(=O)O)c(C)c3)oc2c1. The number of carboxylic acid groups (broad SMARTS) is 1. The standard InChI is InChI=1S/C25H23F3O5S/c1-13-10-15(11-14(2)21(13)33-24(3,4)23(30)31)6-9-18(29)22-20(25(26,27)28)17-8-7-16(34-5)12-19(17)32-22/h6-12H,1-5H3,(H,30,31). The summed E-state index contributed by atoms with van der Waals surface area (Å²) in [4.78, 5) is 24.8. The maximum absolute atomic E-state index is 13.8. The molecule has 0 atom stereocenters. The van der Waals surface area contributed by atoms with Gasteiger partial charge in [0, 0.05) is 10.3 Å². The van der Waals surface area contributed by atoms with Crippen molar-refractivity contribution in [2.45, 2.75) is 44.4 Å². The normalized spacial score (nSPS) is 12.5. The summed E-state index contributed by atoms with van der Waals surface area (Å²) in [7, 11) is 0. The average molecular weight is 493 g/mol. The quantitative estimate of drug-likeness (QED) is 0.219. The first kappa shape index (κ1) is 25.4. The molecule has 9 heteroatoms. The van der Waals surface area contributed by atoms with Crippen molar-refractivity contribution >= 4 is 40.6 Å². The van der Waals surface area contributed by atoms with Crippen LogP contribution >= 0.6 is 11.8 Å². The zero-order chi connectivity index (χ0) is 25.4. The molecule has 0 fully saturated rings. The Hall–Kier alpha value is -3.20. The van der Waals surface area contributed by atoms with Crippen LogP contribution < -0.4 is 4.74 Å². The number of furan rings is 1. The molecule has 0 aliphatic carbocycles. The molecule has 3 aromatic rings. The number of ketones is 1. The fourth-order valence-corrected chi connectivity index (χ4v) is 3.88. The molecule has 0 saturated carbocycles. The molecule has 5 nitrogen and oxygen atoms in total. The van der Waals surface area contributed by atoms with Gasteiger partial charge in [0.15, 0.2) is 11.4 Å². The van der Waals surface area contributed by atoms with Crippen LogP contribution in [0, 0.1) is 13.8 Å². The number of ether oxygens (including phenoxy) is 1. The molecule has 0 radical (unpaired) electrons. The molecule has 34 heavy (non-hydrogen) atoms. The van der Waals surface area contributed by atoms with Crippen LogP contribution in [-0.2, 0) is 11.0 Å². The molecular formula is C25H23F3O5S. The lowest BCUT2D eigenvalue weighted by Gasteiger charge is -2.24. The molecule has 0 saturated heterocycles. The Morgan fingerprint density at radius 3 is 2.24 bits per heavy atom. The van der Waals surface area contributed by atoms with E-state index in [-0.39, 0.29) is 11.0 Å². The van der Waals surface area contributed by atoms with E-state index in [1.54, 1.807) is 38.3 Å². The number of thioether (sulfide) groups is 1. The van der Waals surface area contributed by atoms with Crippen molar-refractivity contribution in [3.8, 4) is 5.75 Å². The minimum Gasteiger partial charge on any atom is -0.478 e. The topological polar surface area (TPSA) is 76.7 Å². The number of aryl methyl sites for hydroxylation is 2. The summed E-state index contributed by atoms with van der Waals surface area (Å²) in [5.41, 5.74) is -0.787. The second kappa shape index (κ2) is 9.21. The fourth-order valence-electron chi connectivity index (χ4n) is 3.45. The Morgan fingerprint density at radius 1 is 1.09 bits per heavy atom. The Morgan fingerprint density at radius 2 is 1.71 bits per heavy atom. The third kappa shape index (κ3) is 5.14. The second-order valence-corrected chi connectivity index (χ2v) is 9.14. The van der Waals surface area contributed by atoms with Crippen LogP contribution in [0.1, 0.15) is 46.7 Å². The lowest BCUT2D eigenvalue weighted by atomic mass is 10.0. The molecule has 3 rings (SSSR count). The van der Waals surface area contributed by atoms with E-state index in [1.165, 1.54) is 43.8 Å². The first-order valence-corrected chi connectivity index (χ1v) is 11.4. The highest BCUT2D eigenvalue weighted by Gasteiger charge is 2.40. The van der Waals surface area contributed by atoms with Crippen molar-refractivity contribution in [3.05, 3.63) is 64.4 Å². The third-order valence-corrected chi connectivity index (χ3v) is 5.91. The molecule has 1 heterocycles. The van der Waals surface area contributed by atoms with Crippen molar-refractivity contribution in [2.75, 3.05) is 6.26 Å². The van der Waals surface area contributed by atoms with Gasteiger partial charge in [0.1, 0.15) is 16.9 Å². The number of halogens is 3. The van der Waals surface area contributed by atoms with Gasteiger partial charge in [-0.25, -0.2) is 4.79 Å². The van der Waals surface area contributed by atoms with Gasteiger partial charge >= 0.3 is 12.1 Å². The summed E-state index contributed by atoms with van der Waals surface area (Å²) >= 11 is 1.35. The number of benzene rings is 2. The molecular weight excluding hydrogens is 469 g/mol. The highest BCUT2D eigenvalue weighted by atomic mass is 32.2. The van der Waals surface area contributed by atoms with E-state index < -0.39 is 34.9 Å². The number of hydrogen-bond acceptors (Lipinski definition) is 5. The molecule has 0 amide bonds. The highest BCUT2D eigenvalue weighted by Crippen LogP contribution is 2.40. The Bertz CT molecular complexity index is 1280. The lowest BCUT2D eigenvalue weighted by molar-refractivity contribution is -0.152. The van der Waals surface area contributed by atoms with Crippen molar-refractivity contribution in [1.82, 2.24) is 0 Å². The second-order valence-electron chi connectivity index (χ2n) is 8.26. The number of carbonyl (C=O) groups is 2. The number of fused-ring (bicyclic) bond motifs is 1. The van der Waals surface area contributed by atoms with Crippen LogP contribution in [0.15, 0.2) is 45.7 Å². The van der Waals surface area contributed by atoms with Crippen LogP contribution in [0.5, 0.6) is 5.75 Å². The van der Waals surface area contributed by atoms with Crippen molar-refractivity contribution in [2.24, 2.45) is 0 Å². The minimum absolute atomic E-state index is 0.00911. The van der Waals surface area contributed by atoms with E-state index in [0.29, 0.717) is 27.3 Å². The van der Waals surface area contributed by atoms with Crippen LogP contribution in [0.25, 0.3) is 17.0 Å². The highest BCUT2D eigenvalue weighted by molar-refractivity contribution is 7.98. The molecule has 1 N–H and O–H groups in total. The van der Waals surface area contributed by atoms with Gasteiger partial charge in [-0.15, -0.1) is 11.8 Å². The van der Waals surface area contributed by atoms with E-state index in [0.717, 1.165) is 6.08 Å². The maximum Gasteiger partial charge on any atom is 0.420 e. The van der Waals surface area contributed by atoms with Gasteiger partial charge in [-0.3, -0.25) is 4.79 Å². The summed E-state index contributed by atoms with van der Waals surface area (Å²) in [5, 5.41) is 9.12. The van der Waals surface area contributed by atoms with Gasteiger partial charge in [-0.05, 0) is 87.0 Å². The summed E-state index contributed by atoms with van der Waals surface area (Å²) in [6.45, 7) is 6.27. The number of carbonyl (C=O) groups excluding carboxylic acids is 1. The Kier molecular flexibility index (Phi) is 6.89. The molecule has 0 aliphatic heterocycles. The Balaban J connectivity index is 1.96. The van der Waals surface area contributed by atoms with E-state index in [9.17, 15) is 27.9 Å². The smallest absolute Gasteiger partial charge is 0.420 e. The minimum atomic E-state index is -4.77. The van der Waals surface area contributed by atoms with E-state index in [1.807, 2.05) is 0 Å². The average Bonchev–Trinajstić information content (AvgIpc) is 3.13. The van der Waals surface area contributed by atoms with Crippen molar-refractivity contribution in [1.29, 1.82) is 0 Å². The monoisotopic (exact) mass is 492 g/mol. The number of carboxylic acids is 1. The molecule has 0 aliphatic rings. The zero-order valence-corrected chi connectivity index (χ0v) is 20.0. The van der Waals surface area contributed by atoms with E-state index in [4.69, 9.17) is 9.15 Å². The first-order valence-electron chi connectivity index (χ1n) is 10.2. The van der Waals surface area contributed by atoms with Crippen LogP contribution in [0.3, 0.4) is 0 Å². The van der Waals surface area contributed by atoms with Gasteiger partial charge in [0.25, 0.3) is 0 Å². The number of rotatable bonds is 7. The predicted octanol–water partition coefficient (Wildman–Crippen LogP) is 6.93. The Labute approximate surface area is 198 Å². The summed E-state index contributed by atoms with van der Waals surface area (Å²) in [6, 6.07) is 7.62. The van der Waals surface area contributed by atoms with Gasteiger partial charge in [-0.2, -0.15) is 13.2 Å². The molecule has 0 bridgehead atoms. The lowest BCUT2D eigenvalue weighted by Crippen LogP contribution is -2.38. The molecule has 180 valence electrons. The number of hydrogen-bond donors (Lipinski definition) is 1. The van der Waals surface area contributed by atoms with Crippen LogP contribution in [0.2, 0.25) is 0 Å². The third-order valence-electron chi connectivity index (χ3n) is 5.19. The van der Waals surface area contributed by atoms with Crippen molar-refractivity contribution in [3.63, 3.8) is 0 Å². The van der Waals surface area contributed by atoms with E-state index >= 15 is 0 Å². The molecule has 2 aromatic carbocycles. The summed E-state index contributed by atoms with van der Waals surface area (Å²) in [6.07, 6.45) is -0.575.